The maximum atomic E-state index is 17.1. The summed E-state index contributed by atoms with van der Waals surface area (Å²) in [5.74, 6) is -0.409. The van der Waals surface area contributed by atoms with Gasteiger partial charge in [0.25, 0.3) is 0 Å². The van der Waals surface area contributed by atoms with Crippen LogP contribution >= 0.6 is 34.8 Å². The lowest BCUT2D eigenvalue weighted by Gasteiger charge is -2.13. The van der Waals surface area contributed by atoms with Crippen LogP contribution in [0.5, 0.6) is 0 Å². The van der Waals surface area contributed by atoms with E-state index in [-0.39, 0.29) is 0 Å². The summed E-state index contributed by atoms with van der Waals surface area (Å²) < 4.78 is 21.3. The second kappa shape index (κ2) is 11.2. The molecule has 0 bridgehead atoms. The number of aromatic nitrogens is 2. The molecule has 5 aromatic carbocycles. The number of aryl methyl sites for hydroxylation is 1. The Morgan fingerprint density at radius 2 is 1.07 bits per heavy atom. The van der Waals surface area contributed by atoms with Gasteiger partial charge >= 0.3 is 0 Å². The van der Waals surface area contributed by atoms with Gasteiger partial charge in [0.05, 0.1) is 26.1 Å². The molecule has 0 radical (unpaired) electrons. The molecule has 0 spiro atoms. The van der Waals surface area contributed by atoms with Gasteiger partial charge in [0, 0.05) is 58.5 Å². The molecule has 0 saturated heterocycles. The van der Waals surface area contributed by atoms with E-state index in [2.05, 4.69) is 33.4 Å². The first-order chi connectivity index (χ1) is 20.9. The van der Waals surface area contributed by atoms with Gasteiger partial charge in [0.1, 0.15) is 5.82 Å². The van der Waals surface area contributed by atoms with Crippen molar-refractivity contribution in [2.45, 2.75) is 20.0 Å². The molecule has 0 aliphatic heterocycles. The van der Waals surface area contributed by atoms with Gasteiger partial charge in [-0.3, -0.25) is 0 Å². The zero-order valence-electron chi connectivity index (χ0n) is 23.3. The van der Waals surface area contributed by atoms with Gasteiger partial charge < -0.3 is 9.13 Å². The lowest BCUT2D eigenvalue weighted by molar-refractivity contribution is 0.634. The molecule has 6 heteroatoms. The highest BCUT2D eigenvalue weighted by molar-refractivity contribution is 6.39. The van der Waals surface area contributed by atoms with E-state index in [1.807, 2.05) is 98.2 Å². The summed E-state index contributed by atoms with van der Waals surface area (Å²) in [7, 11) is 0. The lowest BCUT2D eigenvalue weighted by Crippen LogP contribution is -1.98. The van der Waals surface area contributed by atoms with Crippen molar-refractivity contribution in [3.63, 3.8) is 0 Å². The van der Waals surface area contributed by atoms with Crippen molar-refractivity contribution >= 4 is 56.6 Å². The van der Waals surface area contributed by atoms with Crippen LogP contribution in [-0.2, 0) is 13.1 Å². The molecule has 0 aliphatic carbocycles. The smallest absolute Gasteiger partial charge is 0.140 e. The molecular formula is C37H26Cl3FN2. The van der Waals surface area contributed by atoms with Crippen LogP contribution in [0.25, 0.3) is 44.1 Å². The van der Waals surface area contributed by atoms with Crippen LogP contribution in [0.4, 0.5) is 4.39 Å². The zero-order chi connectivity index (χ0) is 29.7. The Morgan fingerprint density at radius 3 is 1.60 bits per heavy atom. The van der Waals surface area contributed by atoms with Gasteiger partial charge in [-0.05, 0) is 53.9 Å². The van der Waals surface area contributed by atoms with Crippen LogP contribution in [0.1, 0.15) is 16.7 Å². The SMILES string of the molecule is Cc1cc(-c2cn(Cc3ccccc3)c3cccc(Cl)c23)c(F)c(-c2cn(Cc3ccccc3)c3cccc(Cl)c23)c1Cl. The van der Waals surface area contributed by atoms with Crippen molar-refractivity contribution in [2.75, 3.05) is 0 Å². The first-order valence-corrected chi connectivity index (χ1v) is 15.2. The minimum absolute atomic E-state index is 0.331. The predicted octanol–water partition coefficient (Wildman–Crippen LogP) is 11.4. The van der Waals surface area contributed by atoms with Crippen LogP contribution in [0.15, 0.2) is 116 Å². The number of nitrogens with zero attached hydrogens (tertiary/aromatic N) is 2. The molecule has 2 nitrogen and oxygen atoms in total. The summed E-state index contributed by atoms with van der Waals surface area (Å²) in [6.07, 6.45) is 3.95. The fourth-order valence-corrected chi connectivity index (χ4v) is 6.82. The standard InChI is InChI=1S/C37H26Cl3FN2/c1-23-18-26(27-21-42(19-24-10-4-2-5-11-24)31-16-8-14-29(38)33(27)31)37(41)35(36(23)40)28-22-43(20-25-12-6-3-7-13-25)32-17-9-15-30(39)34(28)32/h2-18,21-22H,19-20H2,1H3. The Bertz CT molecular complexity index is 2130. The van der Waals surface area contributed by atoms with Crippen molar-refractivity contribution in [1.82, 2.24) is 9.13 Å². The number of fused-ring (bicyclic) bond motifs is 2. The second-order valence-electron chi connectivity index (χ2n) is 10.8. The molecule has 43 heavy (non-hydrogen) atoms. The third-order valence-electron chi connectivity index (χ3n) is 8.04. The molecule has 7 rings (SSSR count). The first kappa shape index (κ1) is 27.8. The summed E-state index contributed by atoms with van der Waals surface area (Å²) >= 11 is 20.6. The molecule has 0 N–H and O–H groups in total. The highest BCUT2D eigenvalue weighted by Gasteiger charge is 2.25. The van der Waals surface area contributed by atoms with Crippen LogP contribution in [0.3, 0.4) is 0 Å². The van der Waals surface area contributed by atoms with Gasteiger partial charge in [-0.1, -0.05) is 108 Å². The third-order valence-corrected chi connectivity index (χ3v) is 9.16. The number of hydrogen-bond acceptors (Lipinski definition) is 0. The normalized spacial score (nSPS) is 11.6. The molecular weight excluding hydrogens is 598 g/mol. The third kappa shape index (κ3) is 4.92. The van der Waals surface area contributed by atoms with E-state index in [1.165, 1.54) is 0 Å². The van der Waals surface area contributed by atoms with Crippen molar-refractivity contribution in [1.29, 1.82) is 0 Å². The van der Waals surface area contributed by atoms with Crippen molar-refractivity contribution < 1.29 is 4.39 Å². The van der Waals surface area contributed by atoms with Crippen molar-refractivity contribution in [3.8, 4) is 22.3 Å². The van der Waals surface area contributed by atoms with Gasteiger partial charge in [0.2, 0.25) is 0 Å². The zero-order valence-corrected chi connectivity index (χ0v) is 25.6. The summed E-state index contributed by atoms with van der Waals surface area (Å²) in [5, 5.41) is 3.04. The number of hydrogen-bond donors (Lipinski definition) is 0. The first-order valence-electron chi connectivity index (χ1n) is 14.0. The molecule has 0 aliphatic rings. The number of halogens is 4. The van der Waals surface area contributed by atoms with E-state index in [4.69, 9.17) is 34.8 Å². The Kier molecular flexibility index (Phi) is 7.26. The summed E-state index contributed by atoms with van der Waals surface area (Å²) in [6, 6.07) is 33.7. The van der Waals surface area contributed by atoms with Gasteiger partial charge in [-0.25, -0.2) is 4.39 Å². The molecule has 2 heterocycles. The van der Waals surface area contributed by atoms with Crippen molar-refractivity contribution in [2.24, 2.45) is 0 Å². The highest BCUT2D eigenvalue weighted by atomic mass is 35.5. The lowest BCUT2D eigenvalue weighted by atomic mass is 9.94. The van der Waals surface area contributed by atoms with Crippen molar-refractivity contribution in [3.05, 3.63) is 153 Å². The highest BCUT2D eigenvalue weighted by Crippen LogP contribution is 2.46. The Labute approximate surface area is 264 Å². The largest absolute Gasteiger partial charge is 0.342 e. The van der Waals surface area contributed by atoms with Crippen LogP contribution in [0.2, 0.25) is 15.1 Å². The minimum atomic E-state index is -0.409. The summed E-state index contributed by atoms with van der Waals surface area (Å²) in [5.41, 5.74) is 7.02. The van der Waals surface area contributed by atoms with Gasteiger partial charge in [-0.2, -0.15) is 0 Å². The Hall–Kier alpha value is -4.02. The Morgan fingerprint density at radius 1 is 0.581 bits per heavy atom. The fourth-order valence-electron chi connectivity index (χ4n) is 6.04. The monoisotopic (exact) mass is 622 g/mol. The molecule has 0 atom stereocenters. The van der Waals surface area contributed by atoms with E-state index in [0.29, 0.717) is 50.4 Å². The van der Waals surface area contributed by atoms with E-state index >= 15 is 4.39 Å². The average Bonchev–Trinajstić information content (AvgIpc) is 3.56. The quantitative estimate of drug-likeness (QED) is 0.174. The molecule has 0 amide bonds. The molecule has 212 valence electrons. The summed E-state index contributed by atoms with van der Waals surface area (Å²) in [6.45, 7) is 3.14. The van der Waals surface area contributed by atoms with Gasteiger partial charge in [0.15, 0.2) is 0 Å². The van der Waals surface area contributed by atoms with Crippen LogP contribution in [0, 0.1) is 12.7 Å². The van der Waals surface area contributed by atoms with Crippen LogP contribution in [-0.4, -0.2) is 9.13 Å². The molecule has 2 aromatic heterocycles. The fraction of sp³-hybridized carbons (Fsp3) is 0.0811. The Balaban J connectivity index is 1.46. The number of rotatable bonds is 6. The van der Waals surface area contributed by atoms with E-state index in [1.54, 1.807) is 0 Å². The molecule has 0 fully saturated rings. The predicted molar refractivity (Wildman–Crippen MR) is 179 cm³/mol. The second-order valence-corrected chi connectivity index (χ2v) is 12.0. The maximum Gasteiger partial charge on any atom is 0.140 e. The molecule has 7 aromatic rings. The molecule has 0 unspecified atom stereocenters. The van der Waals surface area contributed by atoms with E-state index in [9.17, 15) is 0 Å². The molecule has 0 saturated carbocycles. The van der Waals surface area contributed by atoms with Gasteiger partial charge in [-0.15, -0.1) is 0 Å². The van der Waals surface area contributed by atoms with E-state index < -0.39 is 5.82 Å². The average molecular weight is 624 g/mol. The topological polar surface area (TPSA) is 9.86 Å². The minimum Gasteiger partial charge on any atom is -0.342 e. The van der Waals surface area contributed by atoms with E-state index in [0.717, 1.165) is 38.5 Å². The number of benzene rings is 5. The summed E-state index contributed by atoms with van der Waals surface area (Å²) in [4.78, 5) is 0. The van der Waals surface area contributed by atoms with Crippen LogP contribution < -0.4 is 0 Å². The maximum absolute atomic E-state index is 17.1.